The van der Waals surface area contributed by atoms with Crippen molar-refractivity contribution in [1.29, 1.82) is 0 Å². The Kier molecular flexibility index (Phi) is 8.80. The monoisotopic (exact) mass is 350 g/mol. The summed E-state index contributed by atoms with van der Waals surface area (Å²) in [5.74, 6) is -2.12. The Labute approximate surface area is 147 Å². The number of carboxylic acids is 1. The van der Waals surface area contributed by atoms with Crippen molar-refractivity contribution in [1.82, 2.24) is 10.4 Å². The lowest BCUT2D eigenvalue weighted by atomic mass is 10.0. The Morgan fingerprint density at radius 1 is 1.16 bits per heavy atom. The number of benzene rings is 1. The molecule has 0 saturated carbocycles. The number of methoxy groups -OCH3 is 1. The van der Waals surface area contributed by atoms with Gasteiger partial charge in [0.25, 0.3) is 5.91 Å². The van der Waals surface area contributed by atoms with Gasteiger partial charge in [-0.2, -0.15) is 0 Å². The standard InChI is InChI=1S/C18H26N2O5/c1-13(2)11-15(18(23)24)19-20(17(22)12-25-3)16(21)10-9-14-7-5-4-6-8-14/h4-8,13,15,19H,9-12H2,1-3H3,(H,23,24)/t15-/m0/s1. The molecule has 7 nitrogen and oxygen atoms in total. The summed E-state index contributed by atoms with van der Waals surface area (Å²) in [5.41, 5.74) is 3.52. The van der Waals surface area contributed by atoms with Gasteiger partial charge in [-0.3, -0.25) is 14.4 Å². The zero-order chi connectivity index (χ0) is 18.8. The molecule has 25 heavy (non-hydrogen) atoms. The van der Waals surface area contributed by atoms with E-state index in [0.717, 1.165) is 10.6 Å². The van der Waals surface area contributed by atoms with Gasteiger partial charge in [0.15, 0.2) is 0 Å². The molecule has 2 amide bonds. The third-order valence-corrected chi connectivity index (χ3v) is 3.53. The number of aliphatic carboxylic acids is 1. The van der Waals surface area contributed by atoms with E-state index in [-0.39, 0.29) is 25.4 Å². The van der Waals surface area contributed by atoms with Crippen molar-refractivity contribution in [2.45, 2.75) is 39.2 Å². The van der Waals surface area contributed by atoms with Gasteiger partial charge in [0.05, 0.1) is 0 Å². The lowest BCUT2D eigenvalue weighted by Gasteiger charge is -2.26. The fourth-order valence-corrected chi connectivity index (χ4v) is 2.31. The SMILES string of the molecule is COCC(=O)N(N[C@@H](CC(C)C)C(=O)O)C(=O)CCc1ccccc1. The highest BCUT2D eigenvalue weighted by molar-refractivity contribution is 5.95. The number of rotatable bonds is 10. The molecule has 0 unspecified atom stereocenters. The Morgan fingerprint density at radius 2 is 1.80 bits per heavy atom. The number of ether oxygens (including phenoxy) is 1. The number of amides is 2. The Balaban J connectivity index is 2.81. The Bertz CT molecular complexity index is 574. The van der Waals surface area contributed by atoms with E-state index in [1.807, 2.05) is 44.2 Å². The van der Waals surface area contributed by atoms with Gasteiger partial charge < -0.3 is 9.84 Å². The molecule has 0 aliphatic heterocycles. The smallest absolute Gasteiger partial charge is 0.322 e. The van der Waals surface area contributed by atoms with Crippen LogP contribution < -0.4 is 5.43 Å². The summed E-state index contributed by atoms with van der Waals surface area (Å²) >= 11 is 0. The van der Waals surface area contributed by atoms with Crippen molar-refractivity contribution >= 4 is 17.8 Å². The van der Waals surface area contributed by atoms with E-state index in [1.54, 1.807) is 0 Å². The van der Waals surface area contributed by atoms with Gasteiger partial charge in [-0.05, 0) is 24.3 Å². The molecule has 1 aromatic rings. The summed E-state index contributed by atoms with van der Waals surface area (Å²) in [5, 5.41) is 10.1. The van der Waals surface area contributed by atoms with Crippen molar-refractivity contribution in [2.75, 3.05) is 13.7 Å². The predicted octanol–water partition coefficient (Wildman–Crippen LogP) is 1.62. The lowest BCUT2D eigenvalue weighted by molar-refractivity contribution is -0.154. The van der Waals surface area contributed by atoms with Gasteiger partial charge in [-0.25, -0.2) is 10.4 Å². The van der Waals surface area contributed by atoms with Gasteiger partial charge in [0, 0.05) is 13.5 Å². The topological polar surface area (TPSA) is 95.9 Å². The summed E-state index contributed by atoms with van der Waals surface area (Å²) in [4.78, 5) is 36.0. The third-order valence-electron chi connectivity index (χ3n) is 3.53. The quantitative estimate of drug-likeness (QED) is 0.623. The maximum atomic E-state index is 12.5. The van der Waals surface area contributed by atoms with Gasteiger partial charge in [0.1, 0.15) is 12.6 Å². The molecule has 0 aromatic heterocycles. The highest BCUT2D eigenvalue weighted by Gasteiger charge is 2.28. The number of carbonyl (C=O) groups excluding carboxylic acids is 2. The molecule has 1 aromatic carbocycles. The predicted molar refractivity (Wildman–Crippen MR) is 92.5 cm³/mol. The molecule has 0 fully saturated rings. The second-order valence-electron chi connectivity index (χ2n) is 6.19. The lowest BCUT2D eigenvalue weighted by Crippen LogP contribution is -2.55. The molecule has 0 aliphatic rings. The molecule has 1 rings (SSSR count). The number of nitrogens with one attached hydrogen (secondary N) is 1. The van der Waals surface area contributed by atoms with Crippen molar-refractivity contribution in [3.05, 3.63) is 35.9 Å². The largest absolute Gasteiger partial charge is 0.480 e. The summed E-state index contributed by atoms with van der Waals surface area (Å²) in [6.07, 6.45) is 0.832. The fourth-order valence-electron chi connectivity index (χ4n) is 2.31. The van der Waals surface area contributed by atoms with Gasteiger partial charge in [-0.15, -0.1) is 0 Å². The van der Waals surface area contributed by atoms with E-state index >= 15 is 0 Å². The molecule has 0 saturated heterocycles. The van der Waals surface area contributed by atoms with Gasteiger partial charge >= 0.3 is 5.97 Å². The number of hydrazine groups is 1. The van der Waals surface area contributed by atoms with E-state index < -0.39 is 23.8 Å². The number of imide groups is 1. The Morgan fingerprint density at radius 3 is 2.32 bits per heavy atom. The maximum absolute atomic E-state index is 12.5. The zero-order valence-electron chi connectivity index (χ0n) is 14.9. The van der Waals surface area contributed by atoms with Crippen LogP contribution in [0, 0.1) is 5.92 Å². The summed E-state index contributed by atoms with van der Waals surface area (Å²) in [6.45, 7) is 3.43. The van der Waals surface area contributed by atoms with Crippen molar-refractivity contribution in [2.24, 2.45) is 5.92 Å². The molecule has 0 radical (unpaired) electrons. The summed E-state index contributed by atoms with van der Waals surface area (Å²) in [6, 6.07) is 8.37. The minimum absolute atomic E-state index is 0.0838. The number of aryl methyl sites for hydroxylation is 1. The first-order chi connectivity index (χ1) is 11.8. The molecule has 0 spiro atoms. The van der Waals surface area contributed by atoms with Crippen LogP contribution in [-0.4, -0.2) is 47.7 Å². The molecule has 0 aliphatic carbocycles. The molecular weight excluding hydrogens is 324 g/mol. The van der Waals surface area contributed by atoms with Crippen LogP contribution >= 0.6 is 0 Å². The van der Waals surface area contributed by atoms with Crippen LogP contribution in [0.15, 0.2) is 30.3 Å². The minimum atomic E-state index is -1.11. The van der Waals surface area contributed by atoms with Gasteiger partial charge in [-0.1, -0.05) is 44.2 Å². The zero-order valence-corrected chi connectivity index (χ0v) is 14.9. The maximum Gasteiger partial charge on any atom is 0.322 e. The first-order valence-electron chi connectivity index (χ1n) is 8.22. The van der Waals surface area contributed by atoms with Crippen molar-refractivity contribution < 1.29 is 24.2 Å². The van der Waals surface area contributed by atoms with Crippen LogP contribution in [0.4, 0.5) is 0 Å². The number of hydrogen-bond acceptors (Lipinski definition) is 5. The molecule has 0 heterocycles. The highest BCUT2D eigenvalue weighted by atomic mass is 16.5. The van der Waals surface area contributed by atoms with Crippen molar-refractivity contribution in [3.8, 4) is 0 Å². The van der Waals surface area contributed by atoms with E-state index in [2.05, 4.69) is 5.43 Å². The number of carboxylic acid groups (broad SMARTS) is 1. The van der Waals surface area contributed by atoms with Crippen LogP contribution in [0.25, 0.3) is 0 Å². The second-order valence-corrected chi connectivity index (χ2v) is 6.19. The van der Waals surface area contributed by atoms with Crippen LogP contribution in [0.3, 0.4) is 0 Å². The average molecular weight is 350 g/mol. The normalized spacial score (nSPS) is 12.0. The molecule has 138 valence electrons. The van der Waals surface area contributed by atoms with Crippen LogP contribution in [-0.2, 0) is 25.5 Å². The average Bonchev–Trinajstić information content (AvgIpc) is 2.57. The van der Waals surface area contributed by atoms with Crippen LogP contribution in [0.5, 0.6) is 0 Å². The molecule has 2 N–H and O–H groups in total. The van der Waals surface area contributed by atoms with E-state index in [0.29, 0.717) is 6.42 Å². The number of hydrogen-bond donors (Lipinski definition) is 2. The number of nitrogens with zero attached hydrogens (tertiary/aromatic N) is 1. The van der Waals surface area contributed by atoms with Crippen LogP contribution in [0.1, 0.15) is 32.3 Å². The van der Waals surface area contributed by atoms with E-state index in [9.17, 15) is 19.5 Å². The third kappa shape index (κ3) is 7.45. The molecule has 7 heteroatoms. The first-order valence-corrected chi connectivity index (χ1v) is 8.22. The summed E-state index contributed by atoms with van der Waals surface area (Å²) < 4.78 is 4.79. The molecule has 1 atom stereocenters. The summed E-state index contributed by atoms with van der Waals surface area (Å²) in [7, 11) is 1.34. The fraction of sp³-hybridized carbons (Fsp3) is 0.500. The van der Waals surface area contributed by atoms with Gasteiger partial charge in [0.2, 0.25) is 5.91 Å². The second kappa shape index (κ2) is 10.6. The first kappa shape index (κ1) is 20.8. The van der Waals surface area contributed by atoms with Crippen molar-refractivity contribution in [3.63, 3.8) is 0 Å². The molecule has 0 bridgehead atoms. The highest BCUT2D eigenvalue weighted by Crippen LogP contribution is 2.08. The minimum Gasteiger partial charge on any atom is -0.480 e. The molecular formula is C18H26N2O5. The van der Waals surface area contributed by atoms with Crippen LogP contribution in [0.2, 0.25) is 0 Å². The van der Waals surface area contributed by atoms with E-state index in [1.165, 1.54) is 7.11 Å². The number of carbonyl (C=O) groups is 3. The van der Waals surface area contributed by atoms with E-state index in [4.69, 9.17) is 4.74 Å². The Hall–Kier alpha value is -2.25.